The number of alkyl halides is 3. The number of benzene rings is 1. The number of carbonyl (C=O) groups is 2. The van der Waals surface area contributed by atoms with E-state index in [9.17, 15) is 27.2 Å². The highest BCUT2D eigenvalue weighted by atomic mass is 79.9. The molecule has 21 heavy (non-hydrogen) atoms. The minimum absolute atomic E-state index is 0.0122. The van der Waals surface area contributed by atoms with Crippen LogP contribution >= 0.6 is 15.9 Å². The molecule has 0 atom stereocenters. The van der Waals surface area contributed by atoms with Crippen molar-refractivity contribution in [2.45, 2.75) is 6.18 Å². The normalized spacial score (nSPS) is 11.1. The first-order valence-corrected chi connectivity index (χ1v) is 6.43. The summed E-state index contributed by atoms with van der Waals surface area (Å²) in [6.07, 6.45) is -4.52. The van der Waals surface area contributed by atoms with Crippen LogP contribution in [0.25, 0.3) is 0 Å². The number of nitrogens with zero attached hydrogens (tertiary/aromatic N) is 1. The molecule has 9 heteroatoms. The molecule has 0 aliphatic carbocycles. The van der Waals surface area contributed by atoms with Crippen molar-refractivity contribution in [1.29, 1.82) is 0 Å². The number of halogens is 5. The van der Waals surface area contributed by atoms with Crippen LogP contribution in [0.5, 0.6) is 0 Å². The van der Waals surface area contributed by atoms with Crippen LogP contribution in [0.2, 0.25) is 0 Å². The fraction of sp³-hybridized carbons (Fsp3) is 0.333. The van der Waals surface area contributed by atoms with Crippen molar-refractivity contribution in [1.82, 2.24) is 10.2 Å². The van der Waals surface area contributed by atoms with Crippen molar-refractivity contribution in [2.24, 2.45) is 0 Å². The lowest BCUT2D eigenvalue weighted by Gasteiger charge is -2.17. The zero-order chi connectivity index (χ0) is 16.2. The predicted molar refractivity (Wildman–Crippen MR) is 70.1 cm³/mol. The van der Waals surface area contributed by atoms with Gasteiger partial charge in [0.05, 0.1) is 11.0 Å². The molecule has 1 rings (SSSR count). The van der Waals surface area contributed by atoms with E-state index in [4.69, 9.17) is 0 Å². The first-order chi connectivity index (χ1) is 9.60. The number of rotatable bonds is 4. The van der Waals surface area contributed by atoms with Crippen LogP contribution in [0.1, 0.15) is 10.4 Å². The van der Waals surface area contributed by atoms with E-state index in [1.54, 1.807) is 5.32 Å². The maximum absolute atomic E-state index is 13.3. The Labute approximate surface area is 126 Å². The molecule has 1 aromatic rings. The number of carbonyl (C=O) groups excluding carboxylic acids is 2. The molecule has 0 saturated heterocycles. The zero-order valence-electron chi connectivity index (χ0n) is 10.8. The molecule has 2 amide bonds. The van der Waals surface area contributed by atoms with Gasteiger partial charge in [-0.3, -0.25) is 9.59 Å². The van der Waals surface area contributed by atoms with Crippen molar-refractivity contribution < 1.29 is 27.2 Å². The van der Waals surface area contributed by atoms with E-state index in [1.807, 2.05) is 0 Å². The monoisotopic (exact) mass is 370 g/mol. The lowest BCUT2D eigenvalue weighted by molar-refractivity contribution is -0.138. The summed E-state index contributed by atoms with van der Waals surface area (Å²) in [6.45, 7) is -2.03. The van der Waals surface area contributed by atoms with Gasteiger partial charge in [-0.15, -0.1) is 0 Å². The Morgan fingerprint density at radius 2 is 1.95 bits per heavy atom. The number of hydrogen-bond acceptors (Lipinski definition) is 2. The molecule has 0 aliphatic rings. The summed E-state index contributed by atoms with van der Waals surface area (Å²) >= 11 is 2.92. The van der Waals surface area contributed by atoms with Crippen LogP contribution in [-0.2, 0) is 4.79 Å². The highest BCUT2D eigenvalue weighted by Gasteiger charge is 2.28. The van der Waals surface area contributed by atoms with Crippen molar-refractivity contribution in [3.05, 3.63) is 34.1 Å². The van der Waals surface area contributed by atoms with Crippen molar-refractivity contribution in [2.75, 3.05) is 20.1 Å². The molecule has 0 saturated carbocycles. The quantitative estimate of drug-likeness (QED) is 0.827. The van der Waals surface area contributed by atoms with E-state index in [0.29, 0.717) is 0 Å². The van der Waals surface area contributed by atoms with Crippen molar-refractivity contribution in [3.8, 4) is 0 Å². The molecule has 1 N–H and O–H groups in total. The van der Waals surface area contributed by atoms with Crippen LogP contribution in [0.3, 0.4) is 0 Å². The van der Waals surface area contributed by atoms with E-state index < -0.39 is 36.9 Å². The maximum Gasteiger partial charge on any atom is 0.405 e. The first kappa shape index (κ1) is 17.4. The van der Waals surface area contributed by atoms with Gasteiger partial charge in [0.15, 0.2) is 0 Å². The molecule has 0 aliphatic heterocycles. The molecule has 0 bridgehead atoms. The molecule has 0 spiro atoms. The molecule has 0 aromatic heterocycles. The molecule has 116 valence electrons. The SMILES string of the molecule is CN(CC(=O)NCC(F)(F)F)C(=O)c1ccc(Br)c(F)c1. The number of nitrogens with one attached hydrogen (secondary N) is 1. The molecule has 0 unspecified atom stereocenters. The molecule has 0 fully saturated rings. The van der Waals surface area contributed by atoms with Crippen LogP contribution < -0.4 is 5.32 Å². The fourth-order valence-corrected chi connectivity index (χ4v) is 1.64. The van der Waals surface area contributed by atoms with Crippen LogP contribution in [0.4, 0.5) is 17.6 Å². The van der Waals surface area contributed by atoms with Crippen LogP contribution in [-0.4, -0.2) is 43.0 Å². The van der Waals surface area contributed by atoms with Crippen LogP contribution in [0, 0.1) is 5.82 Å². The van der Waals surface area contributed by atoms with E-state index >= 15 is 0 Å². The van der Waals surface area contributed by atoms with Crippen molar-refractivity contribution >= 4 is 27.7 Å². The third-order valence-corrected chi connectivity index (χ3v) is 3.02. The number of hydrogen-bond donors (Lipinski definition) is 1. The van der Waals surface area contributed by atoms with Gasteiger partial charge in [-0.25, -0.2) is 4.39 Å². The second-order valence-electron chi connectivity index (χ2n) is 4.18. The summed E-state index contributed by atoms with van der Waals surface area (Å²) < 4.78 is 49.2. The molecule has 0 heterocycles. The Bertz CT molecular complexity index is 549. The predicted octanol–water partition coefficient (Wildman–Crippen LogP) is 2.34. The van der Waals surface area contributed by atoms with Crippen LogP contribution in [0.15, 0.2) is 22.7 Å². The Kier molecular flexibility index (Phi) is 5.70. The summed E-state index contributed by atoms with van der Waals surface area (Å²) in [4.78, 5) is 24.1. The summed E-state index contributed by atoms with van der Waals surface area (Å²) in [5, 5.41) is 1.64. The Morgan fingerprint density at radius 3 is 2.48 bits per heavy atom. The van der Waals surface area contributed by atoms with E-state index in [1.165, 1.54) is 19.2 Å². The van der Waals surface area contributed by atoms with Gasteiger partial charge in [-0.2, -0.15) is 13.2 Å². The smallest absolute Gasteiger partial charge is 0.345 e. The van der Waals surface area contributed by atoms with Gasteiger partial charge in [0.1, 0.15) is 12.4 Å². The van der Waals surface area contributed by atoms with E-state index in [-0.39, 0.29) is 10.0 Å². The summed E-state index contributed by atoms with van der Waals surface area (Å²) in [5.41, 5.74) is -0.0122. The second-order valence-corrected chi connectivity index (χ2v) is 5.04. The van der Waals surface area contributed by atoms with E-state index in [0.717, 1.165) is 11.0 Å². The lowest BCUT2D eigenvalue weighted by atomic mass is 10.2. The van der Waals surface area contributed by atoms with E-state index in [2.05, 4.69) is 15.9 Å². The van der Waals surface area contributed by atoms with Crippen molar-refractivity contribution in [3.63, 3.8) is 0 Å². The number of likely N-dealkylation sites (N-methyl/N-ethyl adjacent to an activating group) is 1. The molecule has 1 aromatic carbocycles. The largest absolute Gasteiger partial charge is 0.405 e. The first-order valence-electron chi connectivity index (χ1n) is 5.64. The lowest BCUT2D eigenvalue weighted by Crippen LogP contribution is -2.41. The molecular formula is C12H11BrF4N2O2. The summed E-state index contributed by atoms with van der Waals surface area (Å²) in [7, 11) is 1.23. The molecule has 0 radical (unpaired) electrons. The van der Waals surface area contributed by atoms with Gasteiger partial charge in [-0.1, -0.05) is 0 Å². The van der Waals surface area contributed by atoms with Gasteiger partial charge in [0.2, 0.25) is 5.91 Å². The van der Waals surface area contributed by atoms with Gasteiger partial charge in [0.25, 0.3) is 5.91 Å². The molecule has 4 nitrogen and oxygen atoms in total. The third kappa shape index (κ3) is 5.70. The Hall–Kier alpha value is -1.64. The Morgan fingerprint density at radius 1 is 1.33 bits per heavy atom. The standard InChI is InChI=1S/C12H11BrF4N2O2/c1-19(5-10(20)18-6-12(15,16)17)11(21)7-2-3-8(13)9(14)4-7/h2-4H,5-6H2,1H3,(H,18,20). The highest BCUT2D eigenvalue weighted by Crippen LogP contribution is 2.17. The Balaban J connectivity index is 2.62. The average Bonchev–Trinajstić information content (AvgIpc) is 2.38. The van der Waals surface area contributed by atoms with Gasteiger partial charge in [0, 0.05) is 12.6 Å². The third-order valence-electron chi connectivity index (χ3n) is 2.38. The second kappa shape index (κ2) is 6.88. The molecular weight excluding hydrogens is 360 g/mol. The zero-order valence-corrected chi connectivity index (χ0v) is 12.4. The average molecular weight is 371 g/mol. The number of amides is 2. The highest BCUT2D eigenvalue weighted by molar-refractivity contribution is 9.10. The topological polar surface area (TPSA) is 49.4 Å². The minimum atomic E-state index is -4.52. The van der Waals surface area contributed by atoms with Gasteiger partial charge in [-0.05, 0) is 34.1 Å². The summed E-state index contributed by atoms with van der Waals surface area (Å²) in [6, 6.07) is 3.62. The van der Waals surface area contributed by atoms with Gasteiger partial charge >= 0.3 is 6.18 Å². The summed E-state index contributed by atoms with van der Waals surface area (Å²) in [5.74, 6) is -2.29. The minimum Gasteiger partial charge on any atom is -0.345 e. The fourth-order valence-electron chi connectivity index (χ4n) is 1.39. The maximum atomic E-state index is 13.3. The van der Waals surface area contributed by atoms with Gasteiger partial charge < -0.3 is 10.2 Å².